The van der Waals surface area contributed by atoms with Crippen molar-refractivity contribution in [3.63, 3.8) is 0 Å². The lowest BCUT2D eigenvalue weighted by atomic mass is 10.2. The van der Waals surface area contributed by atoms with Gasteiger partial charge in [-0.2, -0.15) is 11.8 Å². The van der Waals surface area contributed by atoms with Crippen molar-refractivity contribution >= 4 is 23.4 Å². The Balaban J connectivity index is 2.82. The molecule has 108 valence electrons. The van der Waals surface area contributed by atoms with E-state index in [1.165, 1.54) is 0 Å². The molecular weight excluding hydrogens is 258 g/mol. The maximum absolute atomic E-state index is 5.52. The Morgan fingerprint density at radius 1 is 1.32 bits per heavy atom. The minimum Gasteiger partial charge on any atom is -0.369 e. The number of thioether (sulfide) groups is 1. The summed E-state index contributed by atoms with van der Waals surface area (Å²) in [6.07, 6.45) is 4.02. The van der Waals surface area contributed by atoms with Crippen LogP contribution in [0, 0.1) is 12.8 Å². The van der Waals surface area contributed by atoms with Gasteiger partial charge in [0.2, 0.25) is 0 Å². The summed E-state index contributed by atoms with van der Waals surface area (Å²) in [5, 5.41) is 3.41. The summed E-state index contributed by atoms with van der Waals surface area (Å²) >= 11 is 1.86. The SMILES string of the molecule is CCCc1nc(NN)c(C)c(NCC(C)CSC)n1. The van der Waals surface area contributed by atoms with Crippen LogP contribution in [0.4, 0.5) is 11.6 Å². The summed E-state index contributed by atoms with van der Waals surface area (Å²) in [5.74, 6) is 9.69. The molecule has 0 saturated carbocycles. The van der Waals surface area contributed by atoms with Crippen molar-refractivity contribution in [2.45, 2.75) is 33.6 Å². The van der Waals surface area contributed by atoms with Crippen LogP contribution in [0.15, 0.2) is 0 Å². The molecule has 0 radical (unpaired) electrons. The Kier molecular flexibility index (Phi) is 6.94. The van der Waals surface area contributed by atoms with Gasteiger partial charge in [-0.25, -0.2) is 15.8 Å². The second kappa shape index (κ2) is 8.22. The lowest BCUT2D eigenvalue weighted by Gasteiger charge is -2.16. The summed E-state index contributed by atoms with van der Waals surface area (Å²) in [4.78, 5) is 8.99. The summed E-state index contributed by atoms with van der Waals surface area (Å²) in [6.45, 7) is 7.24. The molecule has 1 heterocycles. The average Bonchev–Trinajstić information content (AvgIpc) is 2.39. The molecule has 6 heteroatoms. The first-order valence-electron chi connectivity index (χ1n) is 6.69. The molecule has 4 N–H and O–H groups in total. The van der Waals surface area contributed by atoms with E-state index in [1.807, 2.05) is 18.7 Å². The zero-order valence-corrected chi connectivity index (χ0v) is 13.1. The van der Waals surface area contributed by atoms with E-state index in [0.29, 0.717) is 11.7 Å². The van der Waals surface area contributed by atoms with Gasteiger partial charge in [0.05, 0.1) is 0 Å². The Hall–Kier alpha value is -1.01. The minimum atomic E-state index is 0.605. The number of nitrogens with zero attached hydrogens (tertiary/aromatic N) is 2. The molecule has 0 bridgehead atoms. The molecule has 1 aromatic rings. The van der Waals surface area contributed by atoms with Gasteiger partial charge in [-0.1, -0.05) is 13.8 Å². The Morgan fingerprint density at radius 3 is 2.58 bits per heavy atom. The normalized spacial score (nSPS) is 12.3. The van der Waals surface area contributed by atoms with Crippen molar-refractivity contribution in [3.05, 3.63) is 11.4 Å². The monoisotopic (exact) mass is 283 g/mol. The number of hydrogen-bond donors (Lipinski definition) is 3. The Morgan fingerprint density at radius 2 is 2.00 bits per heavy atom. The molecule has 0 aliphatic heterocycles. The highest BCUT2D eigenvalue weighted by Gasteiger charge is 2.10. The van der Waals surface area contributed by atoms with Gasteiger partial charge in [0.25, 0.3) is 0 Å². The molecule has 0 amide bonds. The summed E-state index contributed by atoms with van der Waals surface area (Å²) < 4.78 is 0. The molecule has 0 aliphatic rings. The molecule has 19 heavy (non-hydrogen) atoms. The fourth-order valence-electron chi connectivity index (χ4n) is 1.83. The second-order valence-electron chi connectivity index (χ2n) is 4.80. The third kappa shape index (κ3) is 4.87. The largest absolute Gasteiger partial charge is 0.369 e. The van der Waals surface area contributed by atoms with Gasteiger partial charge in [0.1, 0.15) is 17.5 Å². The van der Waals surface area contributed by atoms with E-state index in [2.05, 4.69) is 40.8 Å². The van der Waals surface area contributed by atoms with E-state index in [0.717, 1.165) is 42.3 Å². The molecule has 1 atom stereocenters. The van der Waals surface area contributed by atoms with Crippen LogP contribution in [0.1, 0.15) is 31.7 Å². The maximum Gasteiger partial charge on any atom is 0.148 e. The standard InChI is InChI=1S/C13H25N5S/c1-5-6-11-16-12(10(3)13(17-11)18-14)15-7-9(2)8-19-4/h9H,5-8,14H2,1-4H3,(H2,15,16,17,18). The fourth-order valence-corrected chi connectivity index (χ4v) is 2.51. The van der Waals surface area contributed by atoms with E-state index in [9.17, 15) is 0 Å². The number of hydrogen-bond acceptors (Lipinski definition) is 6. The molecule has 1 rings (SSSR count). The van der Waals surface area contributed by atoms with E-state index in [4.69, 9.17) is 5.84 Å². The first kappa shape index (κ1) is 16.0. The first-order chi connectivity index (χ1) is 9.12. The predicted octanol–water partition coefficient (Wildman–Crippen LogP) is 2.43. The average molecular weight is 283 g/mol. The molecule has 1 unspecified atom stereocenters. The predicted molar refractivity (Wildman–Crippen MR) is 84.6 cm³/mol. The van der Waals surface area contributed by atoms with Gasteiger partial charge >= 0.3 is 0 Å². The molecule has 5 nitrogen and oxygen atoms in total. The molecular formula is C13H25N5S. The van der Waals surface area contributed by atoms with Gasteiger partial charge in [-0.05, 0) is 31.3 Å². The van der Waals surface area contributed by atoms with Gasteiger partial charge in [-0.15, -0.1) is 0 Å². The number of anilines is 2. The van der Waals surface area contributed by atoms with Crippen LogP contribution in [0.3, 0.4) is 0 Å². The number of nitrogen functional groups attached to an aromatic ring is 1. The Labute approximate surface area is 120 Å². The fraction of sp³-hybridized carbons (Fsp3) is 0.692. The summed E-state index contributed by atoms with van der Waals surface area (Å²) in [7, 11) is 0. The smallest absolute Gasteiger partial charge is 0.148 e. The molecule has 0 saturated heterocycles. The van der Waals surface area contributed by atoms with Crippen LogP contribution in [0.5, 0.6) is 0 Å². The van der Waals surface area contributed by atoms with Crippen molar-refractivity contribution in [2.75, 3.05) is 29.3 Å². The van der Waals surface area contributed by atoms with Gasteiger partial charge in [0, 0.05) is 18.5 Å². The highest BCUT2D eigenvalue weighted by Crippen LogP contribution is 2.20. The van der Waals surface area contributed by atoms with Crippen LogP contribution < -0.4 is 16.6 Å². The highest BCUT2D eigenvalue weighted by atomic mass is 32.2. The van der Waals surface area contributed by atoms with Crippen LogP contribution in [-0.2, 0) is 6.42 Å². The number of aromatic nitrogens is 2. The lowest BCUT2D eigenvalue weighted by Crippen LogP contribution is -2.18. The van der Waals surface area contributed by atoms with E-state index in [-0.39, 0.29) is 0 Å². The highest BCUT2D eigenvalue weighted by molar-refractivity contribution is 7.98. The molecule has 0 fully saturated rings. The van der Waals surface area contributed by atoms with Crippen molar-refractivity contribution in [1.82, 2.24) is 9.97 Å². The van der Waals surface area contributed by atoms with E-state index in [1.54, 1.807) is 0 Å². The third-order valence-corrected chi connectivity index (χ3v) is 3.77. The van der Waals surface area contributed by atoms with Crippen LogP contribution >= 0.6 is 11.8 Å². The van der Waals surface area contributed by atoms with Crippen molar-refractivity contribution in [1.29, 1.82) is 0 Å². The van der Waals surface area contributed by atoms with Crippen LogP contribution in [0.2, 0.25) is 0 Å². The second-order valence-corrected chi connectivity index (χ2v) is 5.71. The van der Waals surface area contributed by atoms with Crippen molar-refractivity contribution in [3.8, 4) is 0 Å². The minimum absolute atomic E-state index is 0.605. The van der Waals surface area contributed by atoms with Crippen LogP contribution in [0.25, 0.3) is 0 Å². The number of nitrogens with two attached hydrogens (primary N) is 1. The number of nitrogens with one attached hydrogen (secondary N) is 2. The quantitative estimate of drug-likeness (QED) is 0.502. The first-order valence-corrected chi connectivity index (χ1v) is 8.08. The van der Waals surface area contributed by atoms with Crippen LogP contribution in [-0.4, -0.2) is 28.5 Å². The number of aryl methyl sites for hydroxylation is 1. The maximum atomic E-state index is 5.52. The Bertz CT molecular complexity index is 397. The zero-order chi connectivity index (χ0) is 14.3. The van der Waals surface area contributed by atoms with E-state index < -0.39 is 0 Å². The number of rotatable bonds is 8. The molecule has 0 aliphatic carbocycles. The summed E-state index contributed by atoms with van der Waals surface area (Å²) in [5.41, 5.74) is 3.62. The number of hydrazine groups is 1. The zero-order valence-electron chi connectivity index (χ0n) is 12.3. The van der Waals surface area contributed by atoms with Crippen molar-refractivity contribution in [2.24, 2.45) is 11.8 Å². The van der Waals surface area contributed by atoms with Gasteiger partial charge in [0.15, 0.2) is 0 Å². The third-order valence-electron chi connectivity index (χ3n) is 2.87. The molecule has 0 spiro atoms. The summed E-state index contributed by atoms with van der Waals surface area (Å²) in [6, 6.07) is 0. The van der Waals surface area contributed by atoms with Crippen molar-refractivity contribution < 1.29 is 0 Å². The van der Waals surface area contributed by atoms with Gasteiger partial charge < -0.3 is 10.7 Å². The van der Waals surface area contributed by atoms with Gasteiger partial charge in [-0.3, -0.25) is 0 Å². The topological polar surface area (TPSA) is 75.9 Å². The van der Waals surface area contributed by atoms with E-state index >= 15 is 0 Å². The lowest BCUT2D eigenvalue weighted by molar-refractivity contribution is 0.697. The molecule has 0 aromatic carbocycles. The molecule has 1 aromatic heterocycles.